The Morgan fingerprint density at radius 1 is 1.17 bits per heavy atom. The van der Waals surface area contributed by atoms with E-state index in [1.807, 2.05) is 30.3 Å². The SMILES string of the molecule is Cl.Cl.O=C(C1CC(F)(F)CN1)N1CCN(Cc2ncc(-c3ccccc3)o2)CC1. The third-order valence-electron chi connectivity index (χ3n) is 5.06. The second-order valence-corrected chi connectivity index (χ2v) is 7.08. The molecule has 0 bridgehead atoms. The Bertz CT molecular complexity index is 799. The molecule has 2 aromatic rings. The van der Waals surface area contributed by atoms with E-state index in [-0.39, 0.29) is 30.7 Å². The Morgan fingerprint density at radius 3 is 2.48 bits per heavy atom. The normalized spacial score (nSPS) is 21.3. The van der Waals surface area contributed by atoms with E-state index in [0.717, 1.165) is 11.3 Å². The maximum absolute atomic E-state index is 13.3. The van der Waals surface area contributed by atoms with Gasteiger partial charge in [-0.1, -0.05) is 30.3 Å². The van der Waals surface area contributed by atoms with E-state index in [2.05, 4.69) is 15.2 Å². The summed E-state index contributed by atoms with van der Waals surface area (Å²) in [6, 6.07) is 9.01. The number of rotatable bonds is 4. The summed E-state index contributed by atoms with van der Waals surface area (Å²) in [6.07, 6.45) is 1.31. The molecule has 1 amide bonds. The van der Waals surface area contributed by atoms with Crippen LogP contribution in [0.2, 0.25) is 0 Å². The van der Waals surface area contributed by atoms with E-state index in [1.165, 1.54) is 0 Å². The summed E-state index contributed by atoms with van der Waals surface area (Å²) in [5.41, 5.74) is 0.979. The first-order chi connectivity index (χ1) is 13.0. The van der Waals surface area contributed by atoms with E-state index in [4.69, 9.17) is 4.42 Å². The molecule has 2 aliphatic heterocycles. The Morgan fingerprint density at radius 2 is 1.86 bits per heavy atom. The van der Waals surface area contributed by atoms with Gasteiger partial charge < -0.3 is 9.32 Å². The number of carbonyl (C=O) groups is 1. The van der Waals surface area contributed by atoms with Crippen molar-refractivity contribution in [2.75, 3.05) is 32.7 Å². The maximum atomic E-state index is 13.3. The van der Waals surface area contributed by atoms with Gasteiger partial charge in [0.05, 0.1) is 25.3 Å². The number of nitrogens with zero attached hydrogens (tertiary/aromatic N) is 3. The molecule has 1 aromatic heterocycles. The first-order valence-electron chi connectivity index (χ1n) is 9.13. The average Bonchev–Trinajstić information content (AvgIpc) is 3.29. The summed E-state index contributed by atoms with van der Waals surface area (Å²) in [6.45, 7) is 2.52. The molecule has 2 saturated heterocycles. The molecule has 0 aliphatic carbocycles. The molecule has 2 fully saturated rings. The third kappa shape index (κ3) is 5.66. The summed E-state index contributed by atoms with van der Waals surface area (Å²) in [4.78, 5) is 20.6. The molecule has 6 nitrogen and oxygen atoms in total. The monoisotopic (exact) mass is 448 g/mol. The van der Waals surface area contributed by atoms with Crippen molar-refractivity contribution < 1.29 is 18.0 Å². The summed E-state index contributed by atoms with van der Waals surface area (Å²) in [5, 5.41) is 2.63. The largest absolute Gasteiger partial charge is 0.439 e. The summed E-state index contributed by atoms with van der Waals surface area (Å²) < 4.78 is 32.4. The minimum atomic E-state index is -2.79. The minimum Gasteiger partial charge on any atom is -0.439 e. The van der Waals surface area contributed by atoms with Gasteiger partial charge in [-0.05, 0) is 0 Å². The zero-order valence-electron chi connectivity index (χ0n) is 15.7. The molecule has 0 saturated carbocycles. The van der Waals surface area contributed by atoms with Gasteiger partial charge in [-0.2, -0.15) is 0 Å². The van der Waals surface area contributed by atoms with Crippen molar-refractivity contribution in [3.8, 4) is 11.3 Å². The highest BCUT2D eigenvalue weighted by atomic mass is 35.5. The molecular weight excluding hydrogens is 425 g/mol. The lowest BCUT2D eigenvalue weighted by Crippen LogP contribution is -2.52. The summed E-state index contributed by atoms with van der Waals surface area (Å²) >= 11 is 0. The van der Waals surface area contributed by atoms with Gasteiger partial charge in [-0.15, -0.1) is 24.8 Å². The van der Waals surface area contributed by atoms with Gasteiger partial charge in [0.2, 0.25) is 11.8 Å². The molecule has 10 heteroatoms. The highest BCUT2D eigenvalue weighted by molar-refractivity contribution is 5.85. The third-order valence-corrected chi connectivity index (χ3v) is 5.06. The second kappa shape index (κ2) is 9.84. The molecule has 2 aliphatic rings. The second-order valence-electron chi connectivity index (χ2n) is 7.08. The molecule has 160 valence electrons. The number of piperazine rings is 1. The fourth-order valence-electron chi connectivity index (χ4n) is 3.55. The fourth-order valence-corrected chi connectivity index (χ4v) is 3.55. The number of carbonyl (C=O) groups excluding carboxylic acids is 1. The molecule has 29 heavy (non-hydrogen) atoms. The molecule has 0 spiro atoms. The molecular formula is C19H24Cl2F2N4O2. The van der Waals surface area contributed by atoms with E-state index in [9.17, 15) is 13.6 Å². The van der Waals surface area contributed by atoms with Crippen molar-refractivity contribution in [3.63, 3.8) is 0 Å². The van der Waals surface area contributed by atoms with Gasteiger partial charge in [-0.25, -0.2) is 13.8 Å². The topological polar surface area (TPSA) is 61.6 Å². The predicted octanol–water partition coefficient (Wildman–Crippen LogP) is 2.83. The van der Waals surface area contributed by atoms with Crippen molar-refractivity contribution in [3.05, 3.63) is 42.4 Å². The average molecular weight is 449 g/mol. The molecule has 1 atom stereocenters. The van der Waals surface area contributed by atoms with E-state index < -0.39 is 24.9 Å². The van der Waals surface area contributed by atoms with Crippen LogP contribution < -0.4 is 5.32 Å². The van der Waals surface area contributed by atoms with Crippen molar-refractivity contribution in [2.45, 2.75) is 24.9 Å². The van der Waals surface area contributed by atoms with Crippen LogP contribution in [0.1, 0.15) is 12.3 Å². The smallest absolute Gasteiger partial charge is 0.262 e. The zero-order chi connectivity index (χ0) is 18.9. The van der Waals surface area contributed by atoms with Gasteiger partial charge in [0.15, 0.2) is 5.76 Å². The molecule has 1 N–H and O–H groups in total. The van der Waals surface area contributed by atoms with Gasteiger partial charge in [0, 0.05) is 38.2 Å². The Balaban J connectivity index is 0.00000150. The lowest BCUT2D eigenvalue weighted by Gasteiger charge is -2.35. The fraction of sp³-hybridized carbons (Fsp3) is 0.474. The Hall–Kier alpha value is -1.74. The molecule has 1 aromatic carbocycles. The van der Waals surface area contributed by atoms with E-state index in [0.29, 0.717) is 38.6 Å². The highest BCUT2D eigenvalue weighted by Crippen LogP contribution is 2.26. The van der Waals surface area contributed by atoms with Crippen LogP contribution >= 0.6 is 24.8 Å². The van der Waals surface area contributed by atoms with Crippen LogP contribution in [0.15, 0.2) is 40.9 Å². The predicted molar refractivity (Wildman–Crippen MR) is 110 cm³/mol. The van der Waals surface area contributed by atoms with Crippen molar-refractivity contribution in [2.24, 2.45) is 0 Å². The summed E-state index contributed by atoms with van der Waals surface area (Å²) in [7, 11) is 0. The Kier molecular flexibility index (Phi) is 7.99. The van der Waals surface area contributed by atoms with Crippen molar-refractivity contribution >= 4 is 30.7 Å². The number of hydrogen-bond acceptors (Lipinski definition) is 5. The molecule has 0 radical (unpaired) electrons. The van der Waals surface area contributed by atoms with Crippen LogP contribution in [0.5, 0.6) is 0 Å². The first kappa shape index (κ1) is 23.5. The van der Waals surface area contributed by atoms with Crippen LogP contribution in [-0.4, -0.2) is 65.4 Å². The van der Waals surface area contributed by atoms with Crippen molar-refractivity contribution in [1.82, 2.24) is 20.1 Å². The van der Waals surface area contributed by atoms with E-state index in [1.54, 1.807) is 11.1 Å². The number of amides is 1. The van der Waals surface area contributed by atoms with Gasteiger partial charge in [0.1, 0.15) is 0 Å². The van der Waals surface area contributed by atoms with Crippen molar-refractivity contribution in [1.29, 1.82) is 0 Å². The van der Waals surface area contributed by atoms with Crippen LogP contribution in [0.25, 0.3) is 11.3 Å². The number of oxazole rings is 1. The lowest BCUT2D eigenvalue weighted by molar-refractivity contribution is -0.135. The summed E-state index contributed by atoms with van der Waals surface area (Å²) in [5.74, 6) is -1.66. The maximum Gasteiger partial charge on any atom is 0.262 e. The zero-order valence-corrected chi connectivity index (χ0v) is 17.4. The molecule has 4 rings (SSSR count). The molecule has 1 unspecified atom stereocenters. The first-order valence-corrected chi connectivity index (χ1v) is 9.13. The number of nitrogens with one attached hydrogen (secondary N) is 1. The standard InChI is InChI=1S/C19H22F2N4O2.2ClH/c20-19(21)10-15(23-13-19)18(26)25-8-6-24(7-9-25)12-17-22-11-16(27-17)14-4-2-1-3-5-14;;/h1-5,11,15,23H,6-10,12-13H2;2*1H. The number of halogens is 4. The van der Waals surface area contributed by atoms with Gasteiger partial charge >= 0.3 is 0 Å². The van der Waals surface area contributed by atoms with E-state index >= 15 is 0 Å². The quantitative estimate of drug-likeness (QED) is 0.778. The van der Waals surface area contributed by atoms with Crippen LogP contribution in [0, 0.1) is 0 Å². The van der Waals surface area contributed by atoms with Gasteiger partial charge in [-0.3, -0.25) is 15.0 Å². The van der Waals surface area contributed by atoms with Crippen LogP contribution in [0.4, 0.5) is 8.78 Å². The number of hydrogen-bond donors (Lipinski definition) is 1. The lowest BCUT2D eigenvalue weighted by atomic mass is 10.1. The number of alkyl halides is 2. The highest BCUT2D eigenvalue weighted by Gasteiger charge is 2.43. The Labute approximate surface area is 180 Å². The van der Waals surface area contributed by atoms with Crippen LogP contribution in [0.3, 0.4) is 0 Å². The molecule has 3 heterocycles. The van der Waals surface area contributed by atoms with Gasteiger partial charge in [0.25, 0.3) is 5.92 Å². The number of aromatic nitrogens is 1. The van der Waals surface area contributed by atoms with Crippen LogP contribution in [-0.2, 0) is 11.3 Å². The minimum absolute atomic E-state index is 0. The number of benzene rings is 1.